The predicted octanol–water partition coefficient (Wildman–Crippen LogP) is 2.92. The molecule has 0 aliphatic rings. The maximum Gasteiger partial charge on any atom is 0.408 e. The van der Waals surface area contributed by atoms with Gasteiger partial charge in [0.1, 0.15) is 6.04 Å². The van der Waals surface area contributed by atoms with Crippen LogP contribution in [0.4, 0.5) is 13.2 Å². The molecule has 1 amide bonds. The van der Waals surface area contributed by atoms with Gasteiger partial charge in [0.05, 0.1) is 0 Å². The molecule has 0 saturated carbocycles. The predicted molar refractivity (Wildman–Crippen MR) is 74.2 cm³/mol. The van der Waals surface area contributed by atoms with Crippen LogP contribution in [0.1, 0.15) is 31.2 Å². The van der Waals surface area contributed by atoms with Gasteiger partial charge in [0.15, 0.2) is 0 Å². The lowest BCUT2D eigenvalue weighted by atomic mass is 10.1. The molecule has 22 heavy (non-hydrogen) atoms. The van der Waals surface area contributed by atoms with E-state index < -0.39 is 24.1 Å². The zero-order chi connectivity index (χ0) is 16.6. The lowest BCUT2D eigenvalue weighted by molar-refractivity contribution is -0.161. The summed E-state index contributed by atoms with van der Waals surface area (Å²) >= 11 is 0. The van der Waals surface area contributed by atoms with Gasteiger partial charge in [-0.05, 0) is 18.4 Å². The summed E-state index contributed by atoms with van der Waals surface area (Å²) in [5, 5.41) is 10.4. The summed E-state index contributed by atoms with van der Waals surface area (Å²) in [5.41, 5.74) is 0.482. The highest BCUT2D eigenvalue weighted by Gasteiger charge is 2.40. The molecule has 0 radical (unpaired) electrons. The third-order valence-corrected chi connectivity index (χ3v) is 3.06. The summed E-state index contributed by atoms with van der Waals surface area (Å²) in [5.74, 6) is -1.71. The number of benzene rings is 1. The van der Waals surface area contributed by atoms with Crippen molar-refractivity contribution in [2.24, 2.45) is 0 Å². The molecule has 0 spiro atoms. The van der Waals surface area contributed by atoms with E-state index in [1.54, 1.807) is 30.3 Å². The largest absolute Gasteiger partial charge is 0.481 e. The number of amides is 1. The molecule has 1 aromatic rings. The SMILES string of the molecule is O=C(O)CCCCC(=O)NC(Cc1ccccc1)C(F)(F)F. The molecule has 0 aliphatic carbocycles. The molecular formula is C15H18F3NO3. The van der Waals surface area contributed by atoms with E-state index in [1.807, 2.05) is 5.32 Å². The number of carbonyl (C=O) groups excluding carboxylic acids is 1. The Morgan fingerprint density at radius 3 is 2.23 bits per heavy atom. The van der Waals surface area contributed by atoms with Crippen LogP contribution in [-0.2, 0) is 16.0 Å². The van der Waals surface area contributed by atoms with Crippen molar-refractivity contribution in [1.29, 1.82) is 0 Å². The summed E-state index contributed by atoms with van der Waals surface area (Å²) < 4.78 is 38.9. The number of hydrogen-bond donors (Lipinski definition) is 2. The molecule has 0 heterocycles. The highest BCUT2D eigenvalue weighted by atomic mass is 19.4. The number of alkyl halides is 3. The Labute approximate surface area is 126 Å². The van der Waals surface area contributed by atoms with E-state index in [0.29, 0.717) is 5.56 Å². The number of hydrogen-bond acceptors (Lipinski definition) is 2. The maximum absolute atomic E-state index is 13.0. The Balaban J connectivity index is 2.51. The zero-order valence-corrected chi connectivity index (χ0v) is 11.9. The van der Waals surface area contributed by atoms with E-state index >= 15 is 0 Å². The van der Waals surface area contributed by atoms with Crippen LogP contribution in [0, 0.1) is 0 Å². The van der Waals surface area contributed by atoms with Gasteiger partial charge >= 0.3 is 12.1 Å². The van der Waals surface area contributed by atoms with E-state index in [9.17, 15) is 22.8 Å². The molecule has 0 bridgehead atoms. The minimum absolute atomic E-state index is 0.0972. The monoisotopic (exact) mass is 317 g/mol. The molecule has 1 unspecified atom stereocenters. The molecule has 2 N–H and O–H groups in total. The molecule has 1 aromatic carbocycles. The lowest BCUT2D eigenvalue weighted by Crippen LogP contribution is -2.46. The van der Waals surface area contributed by atoms with Crippen LogP contribution in [0.2, 0.25) is 0 Å². The summed E-state index contributed by atoms with van der Waals surface area (Å²) in [6.07, 6.45) is -4.57. The molecule has 122 valence electrons. The second kappa shape index (κ2) is 8.41. The normalized spacial score (nSPS) is 12.7. The van der Waals surface area contributed by atoms with Gasteiger partial charge in [0.2, 0.25) is 5.91 Å². The minimum Gasteiger partial charge on any atom is -0.481 e. The van der Waals surface area contributed by atoms with Crippen LogP contribution in [0.3, 0.4) is 0 Å². The molecule has 1 atom stereocenters. The van der Waals surface area contributed by atoms with Gasteiger partial charge < -0.3 is 10.4 Å². The van der Waals surface area contributed by atoms with Crippen LogP contribution in [-0.4, -0.2) is 29.2 Å². The zero-order valence-electron chi connectivity index (χ0n) is 11.9. The smallest absolute Gasteiger partial charge is 0.408 e. The topological polar surface area (TPSA) is 66.4 Å². The summed E-state index contributed by atoms with van der Waals surface area (Å²) in [7, 11) is 0. The first-order valence-electron chi connectivity index (χ1n) is 6.91. The average Bonchev–Trinajstić information content (AvgIpc) is 2.43. The van der Waals surface area contributed by atoms with Gasteiger partial charge in [-0.25, -0.2) is 0 Å². The third-order valence-electron chi connectivity index (χ3n) is 3.06. The van der Waals surface area contributed by atoms with Crippen molar-refractivity contribution in [3.05, 3.63) is 35.9 Å². The van der Waals surface area contributed by atoms with Crippen LogP contribution in [0.5, 0.6) is 0 Å². The van der Waals surface area contributed by atoms with Gasteiger partial charge in [0, 0.05) is 19.3 Å². The molecule has 0 aliphatic heterocycles. The fraction of sp³-hybridized carbons (Fsp3) is 0.467. The number of rotatable bonds is 8. The Kier molecular flexibility index (Phi) is 6.88. The van der Waals surface area contributed by atoms with Crippen molar-refractivity contribution >= 4 is 11.9 Å². The van der Waals surface area contributed by atoms with E-state index in [1.165, 1.54) is 0 Å². The fourth-order valence-electron chi connectivity index (χ4n) is 1.93. The third kappa shape index (κ3) is 7.10. The van der Waals surface area contributed by atoms with E-state index in [-0.39, 0.29) is 32.1 Å². The van der Waals surface area contributed by atoms with Crippen molar-refractivity contribution < 1.29 is 27.9 Å². The van der Waals surface area contributed by atoms with Crippen LogP contribution in [0.15, 0.2) is 30.3 Å². The second-order valence-electron chi connectivity index (χ2n) is 4.95. The Morgan fingerprint density at radius 2 is 1.68 bits per heavy atom. The summed E-state index contributed by atoms with van der Waals surface area (Å²) in [6.45, 7) is 0. The van der Waals surface area contributed by atoms with Crippen molar-refractivity contribution in [2.45, 2.75) is 44.3 Å². The second-order valence-corrected chi connectivity index (χ2v) is 4.95. The van der Waals surface area contributed by atoms with Crippen LogP contribution < -0.4 is 5.32 Å². The Bertz CT molecular complexity index is 489. The average molecular weight is 317 g/mol. The molecule has 7 heteroatoms. The first-order valence-corrected chi connectivity index (χ1v) is 6.91. The molecule has 0 fully saturated rings. The summed E-state index contributed by atoms with van der Waals surface area (Å²) in [6, 6.07) is 6.16. The first kappa shape index (κ1) is 18.0. The van der Waals surface area contributed by atoms with E-state index in [0.717, 1.165) is 0 Å². The van der Waals surface area contributed by atoms with Crippen molar-refractivity contribution in [3.63, 3.8) is 0 Å². The van der Waals surface area contributed by atoms with Crippen molar-refractivity contribution in [2.75, 3.05) is 0 Å². The number of unbranched alkanes of at least 4 members (excludes halogenated alkanes) is 1. The summed E-state index contributed by atoms with van der Waals surface area (Å²) in [4.78, 5) is 21.9. The van der Waals surface area contributed by atoms with Crippen molar-refractivity contribution in [1.82, 2.24) is 5.32 Å². The number of aliphatic carboxylic acids is 1. The van der Waals surface area contributed by atoms with Gasteiger partial charge in [-0.3, -0.25) is 9.59 Å². The van der Waals surface area contributed by atoms with Crippen LogP contribution >= 0.6 is 0 Å². The molecular weight excluding hydrogens is 299 g/mol. The van der Waals surface area contributed by atoms with Gasteiger partial charge in [-0.2, -0.15) is 13.2 Å². The molecule has 0 aromatic heterocycles. The Hall–Kier alpha value is -2.05. The molecule has 0 saturated heterocycles. The highest BCUT2D eigenvalue weighted by Crippen LogP contribution is 2.23. The van der Waals surface area contributed by atoms with Gasteiger partial charge in [0.25, 0.3) is 0 Å². The molecule has 4 nitrogen and oxygen atoms in total. The van der Waals surface area contributed by atoms with E-state index in [4.69, 9.17) is 5.11 Å². The number of halogens is 3. The fourth-order valence-corrected chi connectivity index (χ4v) is 1.93. The van der Waals surface area contributed by atoms with Gasteiger partial charge in [-0.15, -0.1) is 0 Å². The Morgan fingerprint density at radius 1 is 1.09 bits per heavy atom. The van der Waals surface area contributed by atoms with Crippen molar-refractivity contribution in [3.8, 4) is 0 Å². The van der Waals surface area contributed by atoms with Gasteiger partial charge in [-0.1, -0.05) is 30.3 Å². The number of nitrogens with one attached hydrogen (secondary N) is 1. The molecule has 1 rings (SSSR count). The quantitative estimate of drug-likeness (QED) is 0.725. The standard InChI is InChI=1S/C15H18F3NO3/c16-15(17,18)12(10-11-6-2-1-3-7-11)19-13(20)8-4-5-9-14(21)22/h1-3,6-7,12H,4-5,8-10H2,(H,19,20)(H,21,22). The maximum atomic E-state index is 13.0. The lowest BCUT2D eigenvalue weighted by Gasteiger charge is -2.21. The minimum atomic E-state index is -4.54. The van der Waals surface area contributed by atoms with Crippen LogP contribution in [0.25, 0.3) is 0 Å². The number of carboxylic acid groups (broad SMARTS) is 1. The highest BCUT2D eigenvalue weighted by molar-refractivity contribution is 5.76. The van der Waals surface area contributed by atoms with E-state index in [2.05, 4.69) is 0 Å². The first-order chi connectivity index (χ1) is 10.3. The number of carboxylic acids is 1. The number of carbonyl (C=O) groups is 2.